The number of nitrogens with zero attached hydrogens (tertiary/aromatic N) is 2. The van der Waals surface area contributed by atoms with Gasteiger partial charge in [-0.2, -0.15) is 0 Å². The Morgan fingerprint density at radius 3 is 1.75 bits per heavy atom. The maximum absolute atomic E-state index is 11.1. The average molecular weight is 950 g/mol. The SMILES string of the molecule is CI.O=[N+]([O-])c1ccccc1-c1coc2cc(Br)ccc12.O=[N+]([O-])c1ccccc1I.OB(O)c1coc2cc(Br)ccc12. The lowest BCUT2D eigenvalue weighted by molar-refractivity contribution is -0.385. The highest BCUT2D eigenvalue weighted by Crippen LogP contribution is 2.36. The molecule has 0 amide bonds. The molecule has 0 atom stereocenters. The number of fused-ring (bicyclic) bond motifs is 2. The summed E-state index contributed by atoms with van der Waals surface area (Å²) in [5.74, 6) is 0. The van der Waals surface area contributed by atoms with E-state index in [-0.39, 0.29) is 21.2 Å². The first-order valence-electron chi connectivity index (χ1n) is 12.3. The highest BCUT2D eigenvalue weighted by molar-refractivity contribution is 14.1. The van der Waals surface area contributed by atoms with Gasteiger partial charge in [-0.1, -0.05) is 84.8 Å². The predicted octanol–water partition coefficient (Wildman–Crippen LogP) is 8.90. The van der Waals surface area contributed by atoms with E-state index >= 15 is 0 Å². The molecule has 2 heterocycles. The van der Waals surface area contributed by atoms with Crippen molar-refractivity contribution in [3.05, 3.63) is 130 Å². The molecule has 0 saturated heterocycles. The number of benzene rings is 4. The molecular weight excluding hydrogens is 929 g/mol. The highest BCUT2D eigenvalue weighted by atomic mass is 127. The van der Waals surface area contributed by atoms with Gasteiger partial charge >= 0.3 is 7.12 Å². The zero-order valence-corrected chi connectivity index (χ0v) is 30.1. The van der Waals surface area contributed by atoms with E-state index in [9.17, 15) is 20.2 Å². The lowest BCUT2D eigenvalue weighted by Gasteiger charge is -2.00. The molecule has 0 aliphatic heterocycles. The summed E-state index contributed by atoms with van der Waals surface area (Å²) < 4.78 is 13.1. The van der Waals surface area contributed by atoms with Crippen molar-refractivity contribution in [1.29, 1.82) is 0 Å². The summed E-state index contributed by atoms with van der Waals surface area (Å²) >= 11 is 10.7. The molecule has 44 heavy (non-hydrogen) atoms. The molecule has 0 unspecified atom stereocenters. The fourth-order valence-electron chi connectivity index (χ4n) is 3.89. The van der Waals surface area contributed by atoms with Gasteiger partial charge in [0.2, 0.25) is 0 Å². The first kappa shape index (κ1) is 35.6. The summed E-state index contributed by atoms with van der Waals surface area (Å²) in [4.78, 5) is 22.5. The van der Waals surface area contributed by atoms with Crippen molar-refractivity contribution in [3.8, 4) is 11.1 Å². The number of rotatable bonds is 4. The van der Waals surface area contributed by atoms with Gasteiger partial charge in [-0.05, 0) is 70.0 Å². The Balaban J connectivity index is 0.000000185. The number of para-hydroxylation sites is 2. The zero-order chi connectivity index (χ0) is 32.4. The number of hydrogen-bond acceptors (Lipinski definition) is 8. The standard InChI is InChI=1S/C14H8BrNO3.C8H6BBrO3.C6H4INO2.CH3I/c15-9-5-6-11-12(8-19-14(11)7-9)10-3-1-2-4-13(10)16(17)18;10-5-1-2-6-7(9(11)12)4-13-8(6)3-5;7-5-3-1-2-4-6(5)8(9)10;1-2/h1-8H;1-4,11-12H;1-4H;1H3. The molecule has 4 aromatic carbocycles. The number of hydrogen-bond donors (Lipinski definition) is 2. The quantitative estimate of drug-likeness (QED) is 0.0585. The van der Waals surface area contributed by atoms with Gasteiger partial charge in [-0.25, -0.2) is 0 Å². The Kier molecular flexibility index (Phi) is 13.8. The first-order valence-corrected chi connectivity index (χ1v) is 17.1. The number of nitro groups is 2. The lowest BCUT2D eigenvalue weighted by Crippen LogP contribution is -2.28. The van der Waals surface area contributed by atoms with Crippen LogP contribution in [-0.2, 0) is 0 Å². The summed E-state index contributed by atoms with van der Waals surface area (Å²) in [6, 6.07) is 24.3. The topological polar surface area (TPSA) is 153 Å². The van der Waals surface area contributed by atoms with Crippen LogP contribution >= 0.6 is 77.0 Å². The van der Waals surface area contributed by atoms with Crippen molar-refractivity contribution in [2.45, 2.75) is 0 Å². The van der Waals surface area contributed by atoms with Crippen LogP contribution in [0.25, 0.3) is 33.1 Å². The maximum atomic E-state index is 11.1. The van der Waals surface area contributed by atoms with Crippen molar-refractivity contribution in [1.82, 2.24) is 0 Å². The second-order valence-electron chi connectivity index (χ2n) is 8.48. The molecule has 0 radical (unpaired) electrons. The Morgan fingerprint density at radius 2 is 1.20 bits per heavy atom. The van der Waals surface area contributed by atoms with Gasteiger partial charge in [0.25, 0.3) is 11.4 Å². The van der Waals surface area contributed by atoms with Crippen LogP contribution in [0.5, 0.6) is 0 Å². The van der Waals surface area contributed by atoms with E-state index in [0.717, 1.165) is 25.3 Å². The highest BCUT2D eigenvalue weighted by Gasteiger charge is 2.19. The first-order chi connectivity index (χ1) is 21.1. The van der Waals surface area contributed by atoms with Crippen LogP contribution < -0.4 is 5.46 Å². The molecule has 2 N–H and O–H groups in total. The number of furan rings is 2. The fraction of sp³-hybridized carbons (Fsp3) is 0.0345. The van der Waals surface area contributed by atoms with E-state index in [2.05, 4.69) is 54.5 Å². The summed E-state index contributed by atoms with van der Waals surface area (Å²) in [6.45, 7) is 0. The molecule has 0 spiro atoms. The van der Waals surface area contributed by atoms with Gasteiger partial charge in [0.1, 0.15) is 11.2 Å². The van der Waals surface area contributed by atoms with E-state index in [1.807, 2.05) is 51.8 Å². The Hall–Kier alpha value is -2.84. The van der Waals surface area contributed by atoms with Crippen molar-refractivity contribution < 1.29 is 28.7 Å². The molecule has 0 aliphatic rings. The minimum absolute atomic E-state index is 0.0770. The van der Waals surface area contributed by atoms with Gasteiger partial charge in [0.15, 0.2) is 0 Å². The molecule has 0 aliphatic carbocycles. The molecular formula is C29H21BBr2I2N2O8. The summed E-state index contributed by atoms with van der Waals surface area (Å²) in [5.41, 5.74) is 3.27. The van der Waals surface area contributed by atoms with Crippen LogP contribution in [0.1, 0.15) is 0 Å². The maximum Gasteiger partial charge on any atom is 0.492 e. The van der Waals surface area contributed by atoms with Gasteiger partial charge in [0.05, 0.1) is 31.5 Å². The van der Waals surface area contributed by atoms with E-state index in [1.54, 1.807) is 54.8 Å². The van der Waals surface area contributed by atoms with Crippen LogP contribution in [0.3, 0.4) is 0 Å². The number of nitro benzene ring substituents is 2. The normalized spacial score (nSPS) is 10.1. The van der Waals surface area contributed by atoms with Crippen LogP contribution in [-0.4, -0.2) is 31.9 Å². The second-order valence-corrected chi connectivity index (χ2v) is 11.5. The van der Waals surface area contributed by atoms with Gasteiger partial charge < -0.3 is 18.9 Å². The smallest absolute Gasteiger partial charge is 0.465 e. The summed E-state index contributed by atoms with van der Waals surface area (Å²) in [6.07, 6.45) is 2.90. The molecule has 10 nitrogen and oxygen atoms in total. The largest absolute Gasteiger partial charge is 0.492 e. The minimum Gasteiger partial charge on any atom is -0.465 e. The van der Waals surface area contributed by atoms with E-state index < -0.39 is 7.12 Å². The fourth-order valence-corrected chi connectivity index (χ4v) is 5.16. The summed E-state index contributed by atoms with van der Waals surface area (Å²) in [7, 11) is -1.48. The van der Waals surface area contributed by atoms with Crippen molar-refractivity contribution in [2.24, 2.45) is 0 Å². The molecule has 6 rings (SSSR count). The molecule has 15 heteroatoms. The Bertz CT molecular complexity index is 1900. The van der Waals surface area contributed by atoms with Crippen molar-refractivity contribution in [2.75, 3.05) is 4.93 Å². The van der Waals surface area contributed by atoms with Crippen LogP contribution in [0.2, 0.25) is 0 Å². The predicted molar refractivity (Wildman–Crippen MR) is 196 cm³/mol. The van der Waals surface area contributed by atoms with Gasteiger partial charge in [0, 0.05) is 42.9 Å². The third-order valence-corrected chi connectivity index (χ3v) is 7.72. The van der Waals surface area contributed by atoms with E-state index in [1.165, 1.54) is 18.4 Å². The molecule has 6 aromatic rings. The van der Waals surface area contributed by atoms with Crippen LogP contribution in [0.15, 0.2) is 115 Å². The van der Waals surface area contributed by atoms with Crippen LogP contribution in [0.4, 0.5) is 11.4 Å². The van der Waals surface area contributed by atoms with Crippen LogP contribution in [0, 0.1) is 23.8 Å². The number of halogens is 4. The molecule has 0 fully saturated rings. The second kappa shape index (κ2) is 17.0. The van der Waals surface area contributed by atoms with Gasteiger partial charge in [-0.15, -0.1) is 0 Å². The minimum atomic E-state index is -1.48. The van der Waals surface area contributed by atoms with E-state index in [0.29, 0.717) is 25.8 Å². The van der Waals surface area contributed by atoms with Crippen molar-refractivity contribution >= 4 is 123 Å². The lowest BCUT2D eigenvalue weighted by atomic mass is 9.80. The van der Waals surface area contributed by atoms with Gasteiger partial charge in [-0.3, -0.25) is 20.2 Å². The molecule has 0 saturated carbocycles. The van der Waals surface area contributed by atoms with E-state index in [4.69, 9.17) is 18.9 Å². The third-order valence-electron chi connectivity index (χ3n) is 5.82. The monoisotopic (exact) mass is 948 g/mol. The average Bonchev–Trinajstić information content (AvgIpc) is 3.62. The van der Waals surface area contributed by atoms with Crippen molar-refractivity contribution in [3.63, 3.8) is 0 Å². The Labute approximate surface area is 295 Å². The number of alkyl halides is 1. The zero-order valence-electron chi connectivity index (χ0n) is 22.6. The Morgan fingerprint density at radius 1 is 0.705 bits per heavy atom. The summed E-state index contributed by atoms with van der Waals surface area (Å²) in [5, 5.41) is 40.8. The third kappa shape index (κ3) is 9.10. The molecule has 2 aromatic heterocycles. The molecule has 0 bridgehead atoms. The molecule has 226 valence electrons.